The lowest BCUT2D eigenvalue weighted by molar-refractivity contribution is -0.117. The van der Waals surface area contributed by atoms with Gasteiger partial charge in [-0.2, -0.15) is 0 Å². The Morgan fingerprint density at radius 3 is 2.88 bits per heavy atom. The predicted molar refractivity (Wildman–Crippen MR) is 64.5 cm³/mol. The first-order valence-corrected chi connectivity index (χ1v) is 5.53. The second-order valence-corrected chi connectivity index (χ2v) is 3.77. The van der Waals surface area contributed by atoms with Crippen LogP contribution in [-0.4, -0.2) is 18.6 Å². The lowest BCUT2D eigenvalue weighted by atomic mass is 10.2. The van der Waals surface area contributed by atoms with Crippen LogP contribution in [-0.2, 0) is 4.79 Å². The third-order valence-electron chi connectivity index (χ3n) is 2.08. The Hall–Kier alpha value is -1.62. The molecule has 0 unspecified atom stereocenters. The van der Waals surface area contributed by atoms with E-state index in [4.69, 9.17) is 10.5 Å². The first kappa shape index (κ1) is 13.4. The summed E-state index contributed by atoms with van der Waals surface area (Å²) in [4.78, 5) is 11.4. The van der Waals surface area contributed by atoms with Gasteiger partial charge in [-0.3, -0.25) is 4.79 Å². The van der Waals surface area contributed by atoms with Gasteiger partial charge in [-0.1, -0.05) is 6.92 Å². The number of rotatable bonds is 5. The number of nitrogens with one attached hydrogen (secondary N) is 1. The topological polar surface area (TPSA) is 64.3 Å². The molecule has 1 atom stereocenters. The van der Waals surface area contributed by atoms with Crippen LogP contribution in [0.15, 0.2) is 18.2 Å². The van der Waals surface area contributed by atoms with Crippen molar-refractivity contribution in [1.82, 2.24) is 0 Å². The number of carbonyl (C=O) groups is 1. The van der Waals surface area contributed by atoms with Gasteiger partial charge in [-0.25, -0.2) is 4.39 Å². The molecule has 0 radical (unpaired) electrons. The van der Waals surface area contributed by atoms with E-state index < -0.39 is 11.9 Å². The van der Waals surface area contributed by atoms with E-state index in [0.29, 0.717) is 18.0 Å². The molecule has 0 spiro atoms. The monoisotopic (exact) mass is 240 g/mol. The van der Waals surface area contributed by atoms with Gasteiger partial charge in [-0.05, 0) is 25.5 Å². The molecule has 5 heteroatoms. The van der Waals surface area contributed by atoms with Crippen LogP contribution in [0.1, 0.15) is 20.3 Å². The molecule has 0 aliphatic carbocycles. The number of ether oxygens (including phenoxy) is 1. The maximum Gasteiger partial charge on any atom is 0.241 e. The molecular weight excluding hydrogens is 223 g/mol. The molecule has 0 bridgehead atoms. The molecule has 1 amide bonds. The molecule has 1 aromatic rings. The van der Waals surface area contributed by atoms with Crippen molar-refractivity contribution in [2.75, 3.05) is 11.9 Å². The Morgan fingerprint density at radius 1 is 1.59 bits per heavy atom. The minimum absolute atomic E-state index is 0.320. The van der Waals surface area contributed by atoms with Gasteiger partial charge in [0.05, 0.1) is 18.3 Å². The quantitative estimate of drug-likeness (QED) is 0.826. The Labute approximate surface area is 100.0 Å². The molecule has 0 saturated heterocycles. The van der Waals surface area contributed by atoms with E-state index in [-0.39, 0.29) is 5.91 Å². The minimum atomic E-state index is -0.626. The maximum atomic E-state index is 13.1. The van der Waals surface area contributed by atoms with E-state index in [1.54, 1.807) is 6.92 Å². The van der Waals surface area contributed by atoms with Crippen LogP contribution in [0.3, 0.4) is 0 Å². The van der Waals surface area contributed by atoms with Gasteiger partial charge < -0.3 is 15.8 Å². The Balaban J connectivity index is 2.85. The van der Waals surface area contributed by atoms with E-state index >= 15 is 0 Å². The highest BCUT2D eigenvalue weighted by Crippen LogP contribution is 2.25. The van der Waals surface area contributed by atoms with Crippen molar-refractivity contribution in [3.63, 3.8) is 0 Å². The largest absolute Gasteiger partial charge is 0.491 e. The first-order chi connectivity index (χ1) is 8.04. The molecule has 1 aromatic carbocycles. The molecule has 0 aliphatic rings. The summed E-state index contributed by atoms with van der Waals surface area (Å²) < 4.78 is 18.4. The fourth-order valence-corrected chi connectivity index (χ4v) is 1.18. The average molecular weight is 240 g/mol. The summed E-state index contributed by atoms with van der Waals surface area (Å²) in [6, 6.07) is 3.34. The summed E-state index contributed by atoms with van der Waals surface area (Å²) in [6.45, 7) is 3.98. The molecule has 0 heterocycles. The number of anilines is 1. The van der Waals surface area contributed by atoms with Gasteiger partial charge in [0.2, 0.25) is 5.91 Å². The number of hydrogen-bond acceptors (Lipinski definition) is 3. The smallest absolute Gasteiger partial charge is 0.241 e. The van der Waals surface area contributed by atoms with Crippen LogP contribution in [0.2, 0.25) is 0 Å². The number of carbonyl (C=O) groups excluding carboxylic acids is 1. The normalized spacial score (nSPS) is 12.0. The highest BCUT2D eigenvalue weighted by molar-refractivity contribution is 5.95. The van der Waals surface area contributed by atoms with Crippen molar-refractivity contribution in [2.24, 2.45) is 5.73 Å². The van der Waals surface area contributed by atoms with Crippen LogP contribution in [0, 0.1) is 5.82 Å². The van der Waals surface area contributed by atoms with Crippen molar-refractivity contribution in [2.45, 2.75) is 26.3 Å². The van der Waals surface area contributed by atoms with Crippen LogP contribution in [0.5, 0.6) is 5.75 Å². The molecule has 3 N–H and O–H groups in total. The van der Waals surface area contributed by atoms with E-state index in [1.165, 1.54) is 18.2 Å². The summed E-state index contributed by atoms with van der Waals surface area (Å²) in [5.74, 6) is -0.422. The minimum Gasteiger partial charge on any atom is -0.491 e. The Kier molecular flexibility index (Phi) is 4.90. The van der Waals surface area contributed by atoms with Gasteiger partial charge >= 0.3 is 0 Å². The van der Waals surface area contributed by atoms with Gasteiger partial charge in [-0.15, -0.1) is 0 Å². The zero-order valence-electron chi connectivity index (χ0n) is 10.00. The fraction of sp³-hybridized carbons (Fsp3) is 0.417. The van der Waals surface area contributed by atoms with Gasteiger partial charge in [0.1, 0.15) is 11.6 Å². The van der Waals surface area contributed by atoms with Gasteiger partial charge in [0.15, 0.2) is 0 Å². The molecule has 0 aliphatic heterocycles. The van der Waals surface area contributed by atoms with Crippen molar-refractivity contribution in [1.29, 1.82) is 0 Å². The zero-order chi connectivity index (χ0) is 12.8. The number of benzene rings is 1. The average Bonchev–Trinajstić information content (AvgIpc) is 2.29. The molecule has 94 valence electrons. The molecule has 0 aromatic heterocycles. The molecule has 0 fully saturated rings. The van der Waals surface area contributed by atoms with Crippen molar-refractivity contribution >= 4 is 11.6 Å². The number of amides is 1. The lowest BCUT2D eigenvalue weighted by Crippen LogP contribution is -2.32. The van der Waals surface area contributed by atoms with E-state index in [0.717, 1.165) is 6.42 Å². The molecule has 0 saturated carbocycles. The van der Waals surface area contributed by atoms with E-state index in [1.807, 2.05) is 6.92 Å². The van der Waals surface area contributed by atoms with Crippen LogP contribution in [0.25, 0.3) is 0 Å². The summed E-state index contributed by atoms with van der Waals surface area (Å²) >= 11 is 0. The molecule has 1 rings (SSSR count). The molecular formula is C12H17FN2O2. The second kappa shape index (κ2) is 6.20. The maximum absolute atomic E-state index is 13.1. The predicted octanol–water partition coefficient (Wildman–Crippen LogP) is 1.90. The van der Waals surface area contributed by atoms with Crippen molar-refractivity contribution < 1.29 is 13.9 Å². The third-order valence-corrected chi connectivity index (χ3v) is 2.08. The SMILES string of the molecule is CCCOc1cc(F)ccc1NC(=O)[C@H](C)N. The van der Waals surface area contributed by atoms with Crippen molar-refractivity contribution in [3.05, 3.63) is 24.0 Å². The second-order valence-electron chi connectivity index (χ2n) is 3.77. The van der Waals surface area contributed by atoms with Crippen molar-refractivity contribution in [3.8, 4) is 5.75 Å². The van der Waals surface area contributed by atoms with E-state index in [2.05, 4.69) is 5.32 Å². The Bertz CT molecular complexity index is 394. The standard InChI is InChI=1S/C12H17FN2O2/c1-3-6-17-11-7-9(13)4-5-10(11)15-12(16)8(2)14/h4-5,7-8H,3,6,14H2,1-2H3,(H,15,16)/t8-/m0/s1. The molecule has 17 heavy (non-hydrogen) atoms. The van der Waals surface area contributed by atoms with Crippen LogP contribution >= 0.6 is 0 Å². The highest BCUT2D eigenvalue weighted by Gasteiger charge is 2.11. The summed E-state index contributed by atoms with van der Waals surface area (Å²) in [5.41, 5.74) is 5.87. The summed E-state index contributed by atoms with van der Waals surface area (Å²) in [5, 5.41) is 2.59. The van der Waals surface area contributed by atoms with Crippen LogP contribution < -0.4 is 15.8 Å². The fourth-order valence-electron chi connectivity index (χ4n) is 1.18. The molecule has 4 nitrogen and oxygen atoms in total. The first-order valence-electron chi connectivity index (χ1n) is 5.53. The number of halogens is 1. The summed E-state index contributed by atoms with van der Waals surface area (Å²) in [6.07, 6.45) is 0.803. The summed E-state index contributed by atoms with van der Waals surface area (Å²) in [7, 11) is 0. The Morgan fingerprint density at radius 2 is 2.29 bits per heavy atom. The van der Waals surface area contributed by atoms with Crippen LogP contribution in [0.4, 0.5) is 10.1 Å². The van der Waals surface area contributed by atoms with Gasteiger partial charge in [0.25, 0.3) is 0 Å². The van der Waals surface area contributed by atoms with Gasteiger partial charge in [0, 0.05) is 6.07 Å². The lowest BCUT2D eigenvalue weighted by Gasteiger charge is -2.13. The number of nitrogens with two attached hydrogens (primary N) is 1. The zero-order valence-corrected chi connectivity index (χ0v) is 10.00. The third kappa shape index (κ3) is 4.03. The van der Waals surface area contributed by atoms with E-state index in [9.17, 15) is 9.18 Å². The highest BCUT2D eigenvalue weighted by atomic mass is 19.1. The number of hydrogen-bond donors (Lipinski definition) is 2.